The van der Waals surface area contributed by atoms with Gasteiger partial charge in [0, 0.05) is 16.8 Å². The van der Waals surface area contributed by atoms with E-state index in [-0.39, 0.29) is 0 Å². The van der Waals surface area contributed by atoms with Crippen LogP contribution in [0, 0.1) is 0 Å². The summed E-state index contributed by atoms with van der Waals surface area (Å²) in [7, 11) is 0. The molecule has 0 aliphatic carbocycles. The summed E-state index contributed by atoms with van der Waals surface area (Å²) in [4.78, 5) is 0. The normalized spacial score (nSPS) is 12.8. The molecule has 0 saturated carbocycles. The van der Waals surface area contributed by atoms with Gasteiger partial charge in [-0.2, -0.15) is 4.57 Å². The number of hydrogen-bond acceptors (Lipinski definition) is 0. The maximum Gasteiger partial charge on any atom is 0.226 e. The molecule has 1 heteroatoms. The van der Waals surface area contributed by atoms with E-state index in [1.165, 1.54) is 27.2 Å². The highest BCUT2D eigenvalue weighted by molar-refractivity contribution is 6.07. The molecule has 0 fully saturated rings. The fourth-order valence-electron chi connectivity index (χ4n) is 2.55. The molecule has 0 unspecified atom stereocenters. The Morgan fingerprint density at radius 1 is 0.812 bits per heavy atom. The van der Waals surface area contributed by atoms with Crippen molar-refractivity contribution in [2.24, 2.45) is 0 Å². The zero-order valence-corrected chi connectivity index (χ0v) is 8.72. The van der Waals surface area contributed by atoms with Gasteiger partial charge < -0.3 is 0 Å². The van der Waals surface area contributed by atoms with Gasteiger partial charge in [0.25, 0.3) is 0 Å². The second-order valence-corrected chi connectivity index (χ2v) is 4.18. The Morgan fingerprint density at radius 2 is 1.69 bits per heavy atom. The molecule has 0 N–H and O–H groups in total. The smallest absolute Gasteiger partial charge is 0.165 e. The van der Waals surface area contributed by atoms with Gasteiger partial charge in [0.1, 0.15) is 0 Å². The molecule has 74 valence electrons. The number of rotatable bonds is 0. The lowest BCUT2D eigenvalue weighted by molar-refractivity contribution is -0.534. The van der Waals surface area contributed by atoms with Crippen LogP contribution in [0.3, 0.4) is 0 Å². The molecule has 3 aromatic rings. The quantitative estimate of drug-likeness (QED) is 0.306. The average molecular weight is 204 g/mol. The number of hydrogen-bond donors (Lipinski definition) is 0. The fourth-order valence-corrected chi connectivity index (χ4v) is 2.55. The Balaban J connectivity index is 2.39. The molecule has 0 saturated heterocycles. The predicted molar refractivity (Wildman–Crippen MR) is 66.9 cm³/mol. The Labute approximate surface area is 93.3 Å². The number of fused-ring (bicyclic) bond motifs is 2. The lowest BCUT2D eigenvalue weighted by Gasteiger charge is -2.00. The Kier molecular flexibility index (Phi) is 1.36. The minimum atomic E-state index is 1.29. The van der Waals surface area contributed by atoms with Gasteiger partial charge in [-0.25, -0.2) is 0 Å². The number of para-hydroxylation sites is 1. The third-order valence-electron chi connectivity index (χ3n) is 3.27. The van der Waals surface area contributed by atoms with E-state index >= 15 is 0 Å². The van der Waals surface area contributed by atoms with Crippen molar-refractivity contribution in [3.63, 3.8) is 0 Å². The van der Waals surface area contributed by atoms with Crippen molar-refractivity contribution < 1.29 is 4.57 Å². The minimum Gasteiger partial charge on any atom is -0.165 e. The van der Waals surface area contributed by atoms with Crippen molar-refractivity contribution >= 4 is 34.0 Å². The second kappa shape index (κ2) is 2.70. The van der Waals surface area contributed by atoms with E-state index in [2.05, 4.69) is 65.5 Å². The van der Waals surface area contributed by atoms with Crippen LogP contribution in [0.15, 0.2) is 48.7 Å². The maximum absolute atomic E-state index is 2.22. The SMILES string of the molecule is C1=C[n+]2cc3ccccc3c3cccc1c32. The van der Waals surface area contributed by atoms with E-state index in [4.69, 9.17) is 0 Å². The summed E-state index contributed by atoms with van der Waals surface area (Å²) in [5.41, 5.74) is 2.63. The van der Waals surface area contributed by atoms with Crippen LogP contribution in [0.1, 0.15) is 5.56 Å². The molecule has 0 bridgehead atoms. The molecule has 0 spiro atoms. The van der Waals surface area contributed by atoms with E-state index in [0.29, 0.717) is 0 Å². The zero-order chi connectivity index (χ0) is 10.5. The van der Waals surface area contributed by atoms with Crippen molar-refractivity contribution in [2.75, 3.05) is 0 Å². The van der Waals surface area contributed by atoms with Crippen LogP contribution in [0.25, 0.3) is 34.0 Å². The predicted octanol–water partition coefficient (Wildman–Crippen LogP) is 3.22. The summed E-state index contributed by atoms with van der Waals surface area (Å²) in [6.45, 7) is 0. The molecule has 2 aromatic carbocycles. The number of aromatic nitrogens is 1. The highest BCUT2D eigenvalue weighted by Crippen LogP contribution is 2.27. The van der Waals surface area contributed by atoms with Crippen molar-refractivity contribution in [3.8, 4) is 0 Å². The lowest BCUT2D eigenvalue weighted by Crippen LogP contribution is -2.24. The summed E-state index contributed by atoms with van der Waals surface area (Å²) in [6.07, 6.45) is 6.50. The fraction of sp³-hybridized carbons (Fsp3) is 0. The van der Waals surface area contributed by atoms with Gasteiger partial charge in [-0.1, -0.05) is 24.3 Å². The molecule has 2 heterocycles. The Morgan fingerprint density at radius 3 is 2.69 bits per heavy atom. The van der Waals surface area contributed by atoms with Crippen molar-refractivity contribution in [2.45, 2.75) is 0 Å². The van der Waals surface area contributed by atoms with Gasteiger partial charge in [-0.3, -0.25) is 0 Å². The Hall–Kier alpha value is -2.15. The first-order valence-electron chi connectivity index (χ1n) is 5.47. The monoisotopic (exact) mass is 204 g/mol. The van der Waals surface area contributed by atoms with Crippen LogP contribution >= 0.6 is 0 Å². The van der Waals surface area contributed by atoms with Gasteiger partial charge in [0.2, 0.25) is 5.52 Å². The summed E-state index contributed by atoms with van der Waals surface area (Å²) in [6, 6.07) is 15.0. The molecular weight excluding hydrogens is 194 g/mol. The van der Waals surface area contributed by atoms with E-state index in [1.807, 2.05) is 0 Å². The molecule has 0 amide bonds. The summed E-state index contributed by atoms with van der Waals surface area (Å²) in [5.74, 6) is 0. The highest BCUT2D eigenvalue weighted by Gasteiger charge is 2.18. The van der Waals surface area contributed by atoms with Crippen LogP contribution < -0.4 is 4.57 Å². The molecule has 16 heavy (non-hydrogen) atoms. The van der Waals surface area contributed by atoms with Crippen LogP contribution in [-0.2, 0) is 0 Å². The van der Waals surface area contributed by atoms with E-state index in [0.717, 1.165) is 0 Å². The zero-order valence-electron chi connectivity index (χ0n) is 8.72. The van der Waals surface area contributed by atoms with E-state index in [9.17, 15) is 0 Å². The molecular formula is C15H10N+. The average Bonchev–Trinajstić information content (AvgIpc) is 2.75. The van der Waals surface area contributed by atoms with Gasteiger partial charge in [-0.05, 0) is 18.2 Å². The number of nitrogens with zero attached hydrogens (tertiary/aromatic N) is 1. The molecule has 1 aromatic heterocycles. The first kappa shape index (κ1) is 8.05. The van der Waals surface area contributed by atoms with Crippen LogP contribution in [0.4, 0.5) is 0 Å². The summed E-state index contributed by atoms with van der Waals surface area (Å²) >= 11 is 0. The first-order chi connectivity index (χ1) is 7.93. The summed E-state index contributed by atoms with van der Waals surface area (Å²) < 4.78 is 2.22. The standard InChI is InChI=1S/C15H10N/c1-2-6-13-12(4-1)10-16-9-8-11-5-3-7-14(13)15(11)16/h1-10H/q+1. The van der Waals surface area contributed by atoms with Gasteiger partial charge in [-0.15, -0.1) is 0 Å². The van der Waals surface area contributed by atoms with Gasteiger partial charge in [0.05, 0.1) is 10.9 Å². The largest absolute Gasteiger partial charge is 0.226 e. The van der Waals surface area contributed by atoms with Crippen molar-refractivity contribution in [1.82, 2.24) is 0 Å². The number of benzene rings is 2. The Bertz CT molecular complexity index is 754. The van der Waals surface area contributed by atoms with E-state index in [1.54, 1.807) is 0 Å². The second-order valence-electron chi connectivity index (χ2n) is 4.18. The van der Waals surface area contributed by atoms with Gasteiger partial charge >= 0.3 is 0 Å². The van der Waals surface area contributed by atoms with Crippen LogP contribution in [0.5, 0.6) is 0 Å². The molecule has 1 aliphatic rings. The molecule has 1 nitrogen and oxygen atoms in total. The molecule has 0 radical (unpaired) electrons. The third kappa shape index (κ3) is 0.878. The van der Waals surface area contributed by atoms with Crippen LogP contribution in [-0.4, -0.2) is 0 Å². The van der Waals surface area contributed by atoms with Crippen LogP contribution in [0.2, 0.25) is 0 Å². The van der Waals surface area contributed by atoms with E-state index < -0.39 is 0 Å². The molecule has 4 rings (SSSR count). The first-order valence-corrected chi connectivity index (χ1v) is 5.47. The third-order valence-corrected chi connectivity index (χ3v) is 3.27. The topological polar surface area (TPSA) is 3.88 Å². The van der Waals surface area contributed by atoms with Crippen molar-refractivity contribution in [3.05, 3.63) is 54.2 Å². The van der Waals surface area contributed by atoms with Gasteiger partial charge in [0.15, 0.2) is 12.4 Å². The number of pyridine rings is 1. The van der Waals surface area contributed by atoms with Crippen molar-refractivity contribution in [1.29, 1.82) is 0 Å². The highest BCUT2D eigenvalue weighted by atomic mass is 14.9. The maximum atomic E-state index is 2.22. The minimum absolute atomic E-state index is 1.29. The lowest BCUT2D eigenvalue weighted by atomic mass is 10.0. The summed E-state index contributed by atoms with van der Waals surface area (Å²) in [5, 5.41) is 3.96. The molecule has 1 aliphatic heterocycles. The molecule has 0 atom stereocenters.